The van der Waals surface area contributed by atoms with Crippen LogP contribution in [-0.4, -0.2) is 37.7 Å². The van der Waals surface area contributed by atoms with E-state index in [2.05, 4.69) is 31.0 Å². The second-order valence-electron chi connectivity index (χ2n) is 6.27. The second kappa shape index (κ2) is 7.23. The van der Waals surface area contributed by atoms with E-state index in [-0.39, 0.29) is 11.9 Å². The molecule has 1 saturated heterocycles. The summed E-state index contributed by atoms with van der Waals surface area (Å²) in [6.45, 7) is 9.99. The molecule has 1 heterocycles. The molecule has 0 saturated carbocycles. The normalized spacial score (nSPS) is 21.0. The van der Waals surface area contributed by atoms with E-state index in [4.69, 9.17) is 4.74 Å². The van der Waals surface area contributed by atoms with Crippen molar-refractivity contribution >= 4 is 0 Å². The molecule has 4 heteroatoms. The van der Waals surface area contributed by atoms with Gasteiger partial charge in [0.1, 0.15) is 0 Å². The Bertz CT molecular complexity index is 464. The molecule has 1 aliphatic rings. The van der Waals surface area contributed by atoms with Gasteiger partial charge in [0.15, 0.2) is 11.6 Å². The zero-order valence-corrected chi connectivity index (χ0v) is 13.5. The first-order valence-electron chi connectivity index (χ1n) is 7.82. The molecule has 0 radical (unpaired) electrons. The highest BCUT2D eigenvalue weighted by Gasteiger charge is 2.24. The van der Waals surface area contributed by atoms with Gasteiger partial charge in [-0.25, -0.2) is 4.39 Å². The summed E-state index contributed by atoms with van der Waals surface area (Å²) in [5.74, 6) is 0.710. The van der Waals surface area contributed by atoms with Gasteiger partial charge in [0.2, 0.25) is 0 Å². The molecule has 1 N–H and O–H groups in total. The number of benzene rings is 1. The largest absolute Gasteiger partial charge is 0.494 e. The lowest BCUT2D eigenvalue weighted by molar-refractivity contribution is 0.263. The fourth-order valence-corrected chi connectivity index (χ4v) is 2.91. The van der Waals surface area contributed by atoms with Crippen LogP contribution in [0.5, 0.6) is 5.75 Å². The Kier molecular flexibility index (Phi) is 5.59. The highest BCUT2D eigenvalue weighted by atomic mass is 19.1. The van der Waals surface area contributed by atoms with Gasteiger partial charge in [-0.05, 0) is 63.9 Å². The summed E-state index contributed by atoms with van der Waals surface area (Å²) in [6, 6.07) is 5.91. The van der Waals surface area contributed by atoms with E-state index >= 15 is 0 Å². The molecule has 1 aliphatic heterocycles. The minimum atomic E-state index is -0.309. The van der Waals surface area contributed by atoms with Crippen molar-refractivity contribution in [2.75, 3.05) is 26.7 Å². The van der Waals surface area contributed by atoms with Crippen molar-refractivity contribution in [2.24, 2.45) is 5.92 Å². The van der Waals surface area contributed by atoms with Crippen LogP contribution < -0.4 is 10.1 Å². The minimum Gasteiger partial charge on any atom is -0.494 e. The Balaban J connectivity index is 1.86. The molecule has 2 rings (SSSR count). The second-order valence-corrected chi connectivity index (χ2v) is 6.27. The van der Waals surface area contributed by atoms with Gasteiger partial charge in [0.05, 0.1) is 7.11 Å². The van der Waals surface area contributed by atoms with E-state index < -0.39 is 0 Å². The van der Waals surface area contributed by atoms with Crippen LogP contribution in [0.3, 0.4) is 0 Å². The molecule has 0 bridgehead atoms. The number of nitrogens with zero attached hydrogens (tertiary/aromatic N) is 1. The predicted molar refractivity (Wildman–Crippen MR) is 84.2 cm³/mol. The summed E-state index contributed by atoms with van der Waals surface area (Å²) in [5, 5.41) is 3.57. The monoisotopic (exact) mass is 294 g/mol. The number of nitrogens with one attached hydrogen (secondary N) is 1. The molecule has 3 nitrogen and oxygen atoms in total. The molecular weight excluding hydrogens is 267 g/mol. The van der Waals surface area contributed by atoms with Crippen molar-refractivity contribution in [1.29, 1.82) is 0 Å². The summed E-state index contributed by atoms with van der Waals surface area (Å²) >= 11 is 0. The van der Waals surface area contributed by atoms with Crippen LogP contribution in [0.25, 0.3) is 0 Å². The van der Waals surface area contributed by atoms with E-state index in [0.717, 1.165) is 12.1 Å². The average Bonchev–Trinajstić information content (AvgIpc) is 2.94. The lowest BCUT2D eigenvalue weighted by Crippen LogP contribution is -2.31. The minimum absolute atomic E-state index is 0.201. The number of halogens is 1. The Morgan fingerprint density at radius 1 is 1.38 bits per heavy atom. The summed E-state index contributed by atoms with van der Waals surface area (Å²) in [6.07, 6.45) is 1.25. The molecule has 21 heavy (non-hydrogen) atoms. The van der Waals surface area contributed by atoms with Crippen molar-refractivity contribution in [3.63, 3.8) is 0 Å². The third kappa shape index (κ3) is 4.17. The number of hydrogen-bond donors (Lipinski definition) is 1. The van der Waals surface area contributed by atoms with Gasteiger partial charge in [-0.3, -0.25) is 0 Å². The van der Waals surface area contributed by atoms with E-state index in [9.17, 15) is 4.39 Å². The van der Waals surface area contributed by atoms with Crippen LogP contribution >= 0.6 is 0 Å². The summed E-state index contributed by atoms with van der Waals surface area (Å²) < 4.78 is 18.5. The molecule has 2 unspecified atom stereocenters. The molecule has 1 aromatic carbocycles. The van der Waals surface area contributed by atoms with E-state index in [1.54, 1.807) is 6.07 Å². The van der Waals surface area contributed by atoms with Crippen LogP contribution in [0.1, 0.15) is 38.8 Å². The van der Waals surface area contributed by atoms with Crippen LogP contribution in [0.4, 0.5) is 4.39 Å². The lowest BCUT2D eigenvalue weighted by Gasteiger charge is -2.21. The first-order chi connectivity index (χ1) is 10.0. The van der Waals surface area contributed by atoms with Crippen molar-refractivity contribution in [2.45, 2.75) is 39.3 Å². The third-order valence-electron chi connectivity index (χ3n) is 4.44. The maximum atomic E-state index is 13.4. The number of hydrogen-bond acceptors (Lipinski definition) is 3. The molecule has 1 aromatic rings. The maximum absolute atomic E-state index is 13.4. The van der Waals surface area contributed by atoms with Crippen LogP contribution in [0, 0.1) is 11.7 Å². The fourth-order valence-electron chi connectivity index (χ4n) is 2.91. The molecule has 118 valence electrons. The maximum Gasteiger partial charge on any atom is 0.165 e. The molecular formula is C17H27FN2O. The predicted octanol–water partition coefficient (Wildman–Crippen LogP) is 3.22. The SMILES string of the molecule is COc1cc(C(C)NCC2CCN(C(C)C)C2)ccc1F. The smallest absolute Gasteiger partial charge is 0.165 e. The summed E-state index contributed by atoms with van der Waals surface area (Å²) in [5.41, 5.74) is 1.06. The quantitative estimate of drug-likeness (QED) is 0.872. The Morgan fingerprint density at radius 3 is 2.76 bits per heavy atom. The van der Waals surface area contributed by atoms with Gasteiger partial charge >= 0.3 is 0 Å². The van der Waals surface area contributed by atoms with Crippen molar-refractivity contribution in [1.82, 2.24) is 10.2 Å². The Hall–Kier alpha value is -1.13. The van der Waals surface area contributed by atoms with Gasteiger partial charge in [-0.15, -0.1) is 0 Å². The van der Waals surface area contributed by atoms with Crippen molar-refractivity contribution in [3.8, 4) is 5.75 Å². The van der Waals surface area contributed by atoms with Gasteiger partial charge in [0.25, 0.3) is 0 Å². The first-order valence-corrected chi connectivity index (χ1v) is 7.82. The first kappa shape index (κ1) is 16.2. The molecule has 0 aromatic heterocycles. The fraction of sp³-hybridized carbons (Fsp3) is 0.647. The molecule has 0 aliphatic carbocycles. The number of methoxy groups -OCH3 is 1. The summed E-state index contributed by atoms with van der Waals surface area (Å²) in [7, 11) is 1.50. The van der Waals surface area contributed by atoms with Crippen LogP contribution in [-0.2, 0) is 0 Å². The van der Waals surface area contributed by atoms with Crippen LogP contribution in [0.2, 0.25) is 0 Å². The van der Waals surface area contributed by atoms with Gasteiger partial charge in [-0.2, -0.15) is 0 Å². The number of likely N-dealkylation sites (tertiary alicyclic amines) is 1. The van der Waals surface area contributed by atoms with Crippen molar-refractivity contribution < 1.29 is 9.13 Å². The van der Waals surface area contributed by atoms with Crippen molar-refractivity contribution in [3.05, 3.63) is 29.6 Å². The Labute approximate surface area is 127 Å². The number of ether oxygens (including phenoxy) is 1. The van der Waals surface area contributed by atoms with Crippen LogP contribution in [0.15, 0.2) is 18.2 Å². The van der Waals surface area contributed by atoms with Gasteiger partial charge in [0, 0.05) is 18.6 Å². The standard InChI is InChI=1S/C17H27FN2O/c1-12(2)20-8-7-14(11-20)10-19-13(3)15-5-6-16(18)17(9-15)21-4/h5-6,9,12-14,19H,7-8,10-11H2,1-4H3. The average molecular weight is 294 g/mol. The third-order valence-corrected chi connectivity index (χ3v) is 4.44. The molecule has 0 amide bonds. The highest BCUT2D eigenvalue weighted by molar-refractivity contribution is 5.31. The van der Waals surface area contributed by atoms with Gasteiger partial charge in [-0.1, -0.05) is 6.07 Å². The molecule has 2 atom stereocenters. The number of rotatable bonds is 6. The topological polar surface area (TPSA) is 24.5 Å². The molecule has 1 fully saturated rings. The van der Waals surface area contributed by atoms with Gasteiger partial charge < -0.3 is 15.0 Å². The molecule has 0 spiro atoms. The zero-order chi connectivity index (χ0) is 15.4. The zero-order valence-electron chi connectivity index (χ0n) is 13.5. The Morgan fingerprint density at radius 2 is 2.14 bits per heavy atom. The highest BCUT2D eigenvalue weighted by Crippen LogP contribution is 2.23. The van der Waals surface area contributed by atoms with E-state index in [1.165, 1.54) is 32.7 Å². The summed E-state index contributed by atoms with van der Waals surface area (Å²) in [4.78, 5) is 2.53. The van der Waals surface area contributed by atoms with E-state index in [0.29, 0.717) is 17.7 Å². The lowest BCUT2D eigenvalue weighted by atomic mass is 10.1. The van der Waals surface area contributed by atoms with E-state index in [1.807, 2.05) is 6.07 Å².